The highest BCUT2D eigenvalue weighted by Crippen LogP contribution is 2.33. The number of carbonyl (C=O) groups is 1. The van der Waals surface area contributed by atoms with E-state index in [0.29, 0.717) is 43.0 Å². The van der Waals surface area contributed by atoms with Gasteiger partial charge in [-0.1, -0.05) is 12.1 Å². The highest BCUT2D eigenvalue weighted by Gasteiger charge is 2.24. The Morgan fingerprint density at radius 3 is 2.55 bits per heavy atom. The molecule has 0 aliphatic carbocycles. The number of morpholine rings is 1. The molecule has 0 bridgehead atoms. The van der Waals surface area contributed by atoms with E-state index in [0.717, 1.165) is 54.3 Å². The van der Waals surface area contributed by atoms with Gasteiger partial charge in [0.2, 0.25) is 0 Å². The zero-order chi connectivity index (χ0) is 26.1. The number of hydrogen-bond donors (Lipinski definition) is 3. The van der Waals surface area contributed by atoms with E-state index in [1.165, 1.54) is 0 Å². The summed E-state index contributed by atoms with van der Waals surface area (Å²) >= 11 is 0. The number of fused-ring (bicyclic) bond motifs is 1. The fourth-order valence-corrected chi connectivity index (χ4v) is 4.71. The first kappa shape index (κ1) is 24.1. The second-order valence-electron chi connectivity index (χ2n) is 9.57. The molecule has 0 unspecified atom stereocenters. The molecule has 2 aliphatic heterocycles. The van der Waals surface area contributed by atoms with Gasteiger partial charge in [0.1, 0.15) is 5.69 Å². The van der Waals surface area contributed by atoms with Crippen LogP contribution in [0.1, 0.15) is 10.5 Å². The summed E-state index contributed by atoms with van der Waals surface area (Å²) < 4.78 is 12.7. The molecule has 2 aromatic heterocycles. The number of para-hydroxylation sites is 1. The van der Waals surface area contributed by atoms with Gasteiger partial charge >= 0.3 is 0 Å². The number of imidazole rings is 1. The van der Waals surface area contributed by atoms with Gasteiger partial charge < -0.3 is 35.3 Å². The number of nitrogens with zero attached hydrogens (tertiary/aromatic N) is 5. The van der Waals surface area contributed by atoms with Gasteiger partial charge in [-0.3, -0.25) is 4.79 Å². The first-order valence-electron chi connectivity index (χ1n) is 12.7. The summed E-state index contributed by atoms with van der Waals surface area (Å²) in [5, 5.41) is 6.69. The van der Waals surface area contributed by atoms with E-state index in [-0.39, 0.29) is 5.69 Å². The first-order chi connectivity index (χ1) is 18.6. The largest absolute Gasteiger partial charge is 0.381 e. The fourth-order valence-electron chi connectivity index (χ4n) is 4.71. The minimum absolute atomic E-state index is 0.0581. The van der Waals surface area contributed by atoms with Crippen LogP contribution in [0.25, 0.3) is 22.3 Å². The van der Waals surface area contributed by atoms with Gasteiger partial charge in [-0.15, -0.1) is 0 Å². The number of ether oxygens (including phenoxy) is 2. The number of benzene rings is 2. The molecule has 0 saturated carbocycles. The molecular weight excluding hydrogens is 484 g/mol. The van der Waals surface area contributed by atoms with E-state index in [4.69, 9.17) is 25.2 Å². The van der Waals surface area contributed by atoms with Gasteiger partial charge in [-0.25, -0.2) is 15.0 Å². The normalized spacial score (nSPS) is 15.9. The SMILES string of the molecule is Cn1cnc2c(-c3nc(C(N)=O)c(Nc4ccc(N5CCOCC5)cc4)nc3NCC3COC3)cccc21. The van der Waals surface area contributed by atoms with Crippen molar-refractivity contribution >= 4 is 40.0 Å². The smallest absolute Gasteiger partial charge is 0.271 e. The molecular formula is C27H30N8O3. The van der Waals surface area contributed by atoms with Crippen molar-refractivity contribution in [2.45, 2.75) is 0 Å². The van der Waals surface area contributed by atoms with Gasteiger partial charge in [0.25, 0.3) is 5.91 Å². The van der Waals surface area contributed by atoms with Crippen molar-refractivity contribution in [3.8, 4) is 11.3 Å². The van der Waals surface area contributed by atoms with Crippen molar-refractivity contribution in [1.29, 1.82) is 0 Å². The van der Waals surface area contributed by atoms with Gasteiger partial charge in [-0.05, 0) is 30.3 Å². The molecule has 1 amide bonds. The molecule has 38 heavy (non-hydrogen) atoms. The lowest BCUT2D eigenvalue weighted by Gasteiger charge is -2.29. The number of nitrogens with one attached hydrogen (secondary N) is 2. The van der Waals surface area contributed by atoms with Crippen molar-refractivity contribution < 1.29 is 14.3 Å². The van der Waals surface area contributed by atoms with Crippen LogP contribution >= 0.6 is 0 Å². The third-order valence-electron chi connectivity index (χ3n) is 6.91. The van der Waals surface area contributed by atoms with Gasteiger partial charge in [0.15, 0.2) is 17.3 Å². The van der Waals surface area contributed by atoms with Gasteiger partial charge in [-0.2, -0.15) is 0 Å². The number of carbonyl (C=O) groups excluding carboxylic acids is 1. The average molecular weight is 515 g/mol. The maximum atomic E-state index is 12.6. The number of hydrogen-bond acceptors (Lipinski definition) is 9. The highest BCUT2D eigenvalue weighted by molar-refractivity contribution is 6.00. The quantitative estimate of drug-likeness (QED) is 0.325. The number of aromatic nitrogens is 4. The predicted octanol–water partition coefficient (Wildman–Crippen LogP) is 2.77. The molecule has 2 saturated heterocycles. The van der Waals surface area contributed by atoms with Crippen molar-refractivity contribution in [2.24, 2.45) is 18.7 Å². The Balaban J connectivity index is 1.37. The minimum atomic E-state index is -0.668. The number of amides is 1. The summed E-state index contributed by atoms with van der Waals surface area (Å²) in [5.41, 5.74) is 10.8. The summed E-state index contributed by atoms with van der Waals surface area (Å²) in [4.78, 5) is 29.0. The summed E-state index contributed by atoms with van der Waals surface area (Å²) in [6, 6.07) is 13.9. The van der Waals surface area contributed by atoms with Crippen LogP contribution in [0.15, 0.2) is 48.8 Å². The lowest BCUT2D eigenvalue weighted by Crippen LogP contribution is -2.36. The molecule has 2 aromatic carbocycles. The molecule has 196 valence electrons. The molecule has 0 spiro atoms. The van der Waals surface area contributed by atoms with Crippen LogP contribution < -0.4 is 21.3 Å². The van der Waals surface area contributed by atoms with Crippen LogP contribution in [0.5, 0.6) is 0 Å². The molecule has 2 aliphatic rings. The van der Waals surface area contributed by atoms with Crippen molar-refractivity contribution in [1.82, 2.24) is 19.5 Å². The summed E-state index contributed by atoms with van der Waals surface area (Å²) in [6.45, 7) is 5.23. The summed E-state index contributed by atoms with van der Waals surface area (Å²) in [6.07, 6.45) is 1.76. The van der Waals surface area contributed by atoms with Crippen molar-refractivity contribution in [3.63, 3.8) is 0 Å². The molecule has 4 heterocycles. The third kappa shape index (κ3) is 4.73. The number of anilines is 4. The lowest BCUT2D eigenvalue weighted by molar-refractivity contribution is -0.0248. The maximum Gasteiger partial charge on any atom is 0.271 e. The molecule has 4 N–H and O–H groups in total. The zero-order valence-corrected chi connectivity index (χ0v) is 21.2. The predicted molar refractivity (Wildman–Crippen MR) is 146 cm³/mol. The fraction of sp³-hybridized carbons (Fsp3) is 0.333. The number of primary amides is 1. The molecule has 6 rings (SSSR count). The Hall–Kier alpha value is -4.22. The number of rotatable bonds is 8. The van der Waals surface area contributed by atoms with Crippen molar-refractivity contribution in [3.05, 3.63) is 54.5 Å². The monoisotopic (exact) mass is 514 g/mol. The standard InChI is InChI=1S/C27H30N8O3/c1-34-16-30-22-20(3-2-4-21(22)34)23-26(29-13-17-14-38-15-17)33-27(24(32-23)25(28)36)31-18-5-7-19(8-6-18)35-9-11-37-12-10-35/h2-8,16-17H,9-15H2,1H3,(H2,28,36)(H2,29,31,33). The number of nitrogens with two attached hydrogens (primary N) is 1. The summed E-state index contributed by atoms with van der Waals surface area (Å²) in [5.74, 6) is 0.557. The van der Waals surface area contributed by atoms with E-state index < -0.39 is 5.91 Å². The van der Waals surface area contributed by atoms with Crippen LogP contribution in [-0.4, -0.2) is 71.5 Å². The highest BCUT2D eigenvalue weighted by atomic mass is 16.5. The van der Waals surface area contributed by atoms with Gasteiger partial charge in [0, 0.05) is 49.5 Å². The van der Waals surface area contributed by atoms with Crippen LogP contribution in [0, 0.1) is 5.92 Å². The number of aryl methyl sites for hydroxylation is 1. The Morgan fingerprint density at radius 2 is 1.84 bits per heavy atom. The first-order valence-corrected chi connectivity index (χ1v) is 12.7. The van der Waals surface area contributed by atoms with E-state index in [2.05, 4.69) is 20.5 Å². The second kappa shape index (κ2) is 10.3. The Kier molecular flexibility index (Phi) is 6.52. The van der Waals surface area contributed by atoms with E-state index in [1.54, 1.807) is 6.33 Å². The van der Waals surface area contributed by atoms with Gasteiger partial charge in [0.05, 0.1) is 43.8 Å². The Labute approximate surface area is 220 Å². The van der Waals surface area contributed by atoms with Crippen LogP contribution in [0.2, 0.25) is 0 Å². The lowest BCUT2D eigenvalue weighted by atomic mass is 10.1. The molecule has 11 nitrogen and oxygen atoms in total. The Bertz CT molecular complexity index is 1460. The second-order valence-corrected chi connectivity index (χ2v) is 9.57. The van der Waals surface area contributed by atoms with Crippen LogP contribution in [-0.2, 0) is 16.5 Å². The Morgan fingerprint density at radius 1 is 1.05 bits per heavy atom. The van der Waals surface area contributed by atoms with E-state index >= 15 is 0 Å². The third-order valence-corrected chi connectivity index (χ3v) is 6.91. The molecule has 11 heteroatoms. The van der Waals surface area contributed by atoms with E-state index in [9.17, 15) is 4.79 Å². The topological polar surface area (TPSA) is 132 Å². The van der Waals surface area contributed by atoms with E-state index in [1.807, 2.05) is 54.1 Å². The molecule has 0 atom stereocenters. The van der Waals surface area contributed by atoms with Crippen LogP contribution in [0.4, 0.5) is 23.0 Å². The average Bonchev–Trinajstić information content (AvgIpc) is 3.29. The molecule has 4 aromatic rings. The molecule has 0 radical (unpaired) electrons. The van der Waals surface area contributed by atoms with Crippen LogP contribution in [0.3, 0.4) is 0 Å². The maximum absolute atomic E-state index is 12.6. The summed E-state index contributed by atoms with van der Waals surface area (Å²) in [7, 11) is 1.94. The molecule has 2 fully saturated rings. The van der Waals surface area contributed by atoms with Crippen molar-refractivity contribution in [2.75, 3.05) is 61.6 Å². The minimum Gasteiger partial charge on any atom is -0.381 e. The zero-order valence-electron chi connectivity index (χ0n) is 21.2.